The van der Waals surface area contributed by atoms with Gasteiger partial charge in [-0.15, -0.1) is 0 Å². The predicted octanol–water partition coefficient (Wildman–Crippen LogP) is 1.91. The van der Waals surface area contributed by atoms with Gasteiger partial charge in [-0.2, -0.15) is 8.42 Å². The fourth-order valence-corrected chi connectivity index (χ4v) is 2.84. The number of benzene rings is 2. The first kappa shape index (κ1) is 15.6. The molecule has 0 bridgehead atoms. The summed E-state index contributed by atoms with van der Waals surface area (Å²) in [6.07, 6.45) is 0. The summed E-state index contributed by atoms with van der Waals surface area (Å²) in [6.45, 7) is 0. The summed E-state index contributed by atoms with van der Waals surface area (Å²) in [5.41, 5.74) is 0. The Morgan fingerprint density at radius 3 is 2.18 bits per heavy atom. The van der Waals surface area contributed by atoms with Gasteiger partial charge in [0.1, 0.15) is 10.6 Å². The molecule has 0 fully saturated rings. The summed E-state index contributed by atoms with van der Waals surface area (Å²) in [5, 5.41) is 10.8. The number of phenolic OH excluding ortho intramolecular Hbond substituents is 1. The third kappa shape index (κ3) is 3.10. The van der Waals surface area contributed by atoms with Crippen molar-refractivity contribution in [1.82, 2.24) is 0 Å². The molecule has 0 radical (unpaired) electrons. The second-order valence-electron chi connectivity index (χ2n) is 3.23. The molecule has 4 nitrogen and oxygen atoms in total. The van der Waals surface area contributed by atoms with Crippen molar-refractivity contribution in [3.8, 4) is 5.75 Å². The minimum absolute atomic E-state index is 0. The van der Waals surface area contributed by atoms with Crippen molar-refractivity contribution < 1.29 is 18.1 Å². The van der Waals surface area contributed by atoms with Crippen molar-refractivity contribution in [3.63, 3.8) is 0 Å². The SMILES string of the molecule is O=S(=O)(O)c1cc(Br)c2ccccc2c1O.[KH]. The van der Waals surface area contributed by atoms with Gasteiger partial charge in [-0.3, -0.25) is 4.55 Å². The molecular weight excluding hydrogens is 335 g/mol. The van der Waals surface area contributed by atoms with E-state index in [0.29, 0.717) is 15.2 Å². The molecule has 0 heterocycles. The average Bonchev–Trinajstić information content (AvgIpc) is 2.22. The van der Waals surface area contributed by atoms with E-state index in [2.05, 4.69) is 15.9 Å². The fraction of sp³-hybridized carbons (Fsp3) is 0. The van der Waals surface area contributed by atoms with Crippen LogP contribution in [0.2, 0.25) is 0 Å². The molecule has 2 rings (SSSR count). The van der Waals surface area contributed by atoms with Gasteiger partial charge in [-0.05, 0) is 11.5 Å². The van der Waals surface area contributed by atoms with E-state index in [4.69, 9.17) is 4.55 Å². The van der Waals surface area contributed by atoms with Gasteiger partial charge in [-0.1, -0.05) is 40.2 Å². The van der Waals surface area contributed by atoms with Crippen molar-refractivity contribution in [2.45, 2.75) is 4.90 Å². The zero-order chi connectivity index (χ0) is 11.9. The standard InChI is InChI=1S/C10H7BrO4S.K.H/c11-8-5-9(16(13,14)15)10(12)7-4-2-1-3-6(7)8;;/h1-5,12H,(H,13,14,15);;. The van der Waals surface area contributed by atoms with Gasteiger partial charge in [0.25, 0.3) is 10.1 Å². The molecule has 2 aromatic carbocycles. The van der Waals surface area contributed by atoms with Crippen molar-refractivity contribution >= 4 is 88.2 Å². The van der Waals surface area contributed by atoms with E-state index >= 15 is 0 Å². The maximum absolute atomic E-state index is 11.0. The van der Waals surface area contributed by atoms with Gasteiger partial charge >= 0.3 is 51.4 Å². The number of hydrogen-bond donors (Lipinski definition) is 2. The topological polar surface area (TPSA) is 74.6 Å². The zero-order valence-electron chi connectivity index (χ0n) is 7.88. The number of phenols is 1. The Morgan fingerprint density at radius 2 is 1.65 bits per heavy atom. The second kappa shape index (κ2) is 5.66. The third-order valence-corrected chi connectivity index (χ3v) is 3.73. The molecule has 7 heteroatoms. The molecule has 2 aromatic rings. The van der Waals surface area contributed by atoms with Crippen LogP contribution in [0.4, 0.5) is 0 Å². The fourth-order valence-electron chi connectivity index (χ4n) is 1.49. The van der Waals surface area contributed by atoms with Crippen LogP contribution >= 0.6 is 15.9 Å². The molecule has 17 heavy (non-hydrogen) atoms. The molecule has 0 saturated carbocycles. The molecule has 0 unspecified atom stereocenters. The maximum atomic E-state index is 11.0. The van der Waals surface area contributed by atoms with Crippen LogP contribution in [0.3, 0.4) is 0 Å². The van der Waals surface area contributed by atoms with E-state index in [-0.39, 0.29) is 51.4 Å². The van der Waals surface area contributed by atoms with Crippen molar-refractivity contribution in [2.75, 3.05) is 0 Å². The molecule has 0 aliphatic heterocycles. The van der Waals surface area contributed by atoms with E-state index in [9.17, 15) is 13.5 Å². The molecule has 0 aromatic heterocycles. The summed E-state index contributed by atoms with van der Waals surface area (Å²) in [5.74, 6) is -0.443. The first-order valence-corrected chi connectivity index (χ1v) is 6.52. The Hall–Kier alpha value is 0.526. The molecular formula is C10H8BrKO4S. The molecule has 0 spiro atoms. The first-order chi connectivity index (χ1) is 7.41. The summed E-state index contributed by atoms with van der Waals surface area (Å²) in [7, 11) is -4.43. The molecule has 0 atom stereocenters. The molecule has 0 aliphatic rings. The van der Waals surface area contributed by atoms with Gasteiger partial charge in [-0.25, -0.2) is 0 Å². The van der Waals surface area contributed by atoms with Crippen LogP contribution in [0.1, 0.15) is 0 Å². The number of fused-ring (bicyclic) bond motifs is 1. The van der Waals surface area contributed by atoms with Gasteiger partial charge in [0.15, 0.2) is 0 Å². The van der Waals surface area contributed by atoms with E-state index in [1.54, 1.807) is 24.3 Å². The van der Waals surface area contributed by atoms with Crippen LogP contribution < -0.4 is 0 Å². The summed E-state index contributed by atoms with van der Waals surface area (Å²) < 4.78 is 31.5. The Morgan fingerprint density at radius 1 is 1.12 bits per heavy atom. The Kier molecular flexibility index (Phi) is 5.19. The van der Waals surface area contributed by atoms with Crippen LogP contribution in [-0.4, -0.2) is 69.5 Å². The van der Waals surface area contributed by atoms with E-state index in [1.165, 1.54) is 6.07 Å². The molecule has 0 aliphatic carbocycles. The van der Waals surface area contributed by atoms with Gasteiger partial charge in [0.2, 0.25) is 0 Å². The predicted molar refractivity (Wildman–Crippen MR) is 70.3 cm³/mol. The Labute approximate surface area is 149 Å². The van der Waals surface area contributed by atoms with Crippen LogP contribution in [-0.2, 0) is 10.1 Å². The van der Waals surface area contributed by atoms with Crippen molar-refractivity contribution in [1.29, 1.82) is 0 Å². The van der Waals surface area contributed by atoms with Crippen molar-refractivity contribution in [3.05, 3.63) is 34.8 Å². The summed E-state index contributed by atoms with van der Waals surface area (Å²) in [4.78, 5) is -0.502. The number of hydrogen-bond acceptors (Lipinski definition) is 3. The monoisotopic (exact) mass is 342 g/mol. The zero-order valence-corrected chi connectivity index (χ0v) is 10.3. The second-order valence-corrected chi connectivity index (χ2v) is 5.47. The average molecular weight is 343 g/mol. The minimum atomic E-state index is -4.43. The van der Waals surface area contributed by atoms with Gasteiger partial charge in [0, 0.05) is 9.86 Å². The molecule has 0 amide bonds. The quantitative estimate of drug-likeness (QED) is 0.613. The van der Waals surface area contributed by atoms with Crippen molar-refractivity contribution in [2.24, 2.45) is 0 Å². The van der Waals surface area contributed by atoms with Crippen LogP contribution in [0.5, 0.6) is 5.75 Å². The Balaban J connectivity index is 0.00000144. The third-order valence-electron chi connectivity index (χ3n) is 2.21. The van der Waals surface area contributed by atoms with Gasteiger partial charge in [0.05, 0.1) is 0 Å². The van der Waals surface area contributed by atoms with Crippen LogP contribution in [0, 0.1) is 0 Å². The van der Waals surface area contributed by atoms with Gasteiger partial charge < -0.3 is 5.11 Å². The number of rotatable bonds is 1. The summed E-state index contributed by atoms with van der Waals surface area (Å²) >= 11 is 3.19. The number of aromatic hydroxyl groups is 1. The first-order valence-electron chi connectivity index (χ1n) is 4.29. The van der Waals surface area contributed by atoms with E-state index < -0.39 is 20.8 Å². The number of halogens is 1. The molecule has 2 N–H and O–H groups in total. The summed E-state index contributed by atoms with van der Waals surface area (Å²) in [6, 6.07) is 7.91. The normalized spacial score (nSPS) is 11.2. The van der Waals surface area contributed by atoms with Crippen LogP contribution in [0.15, 0.2) is 39.7 Å². The van der Waals surface area contributed by atoms with E-state index in [0.717, 1.165) is 0 Å². The Bertz CT molecular complexity index is 669. The molecule has 86 valence electrons. The van der Waals surface area contributed by atoms with Crippen LogP contribution in [0.25, 0.3) is 10.8 Å². The van der Waals surface area contributed by atoms with E-state index in [1.807, 2.05) is 0 Å². The molecule has 0 saturated heterocycles.